The lowest BCUT2D eigenvalue weighted by atomic mass is 10.3. The molecule has 1 aromatic heterocycles. The number of ether oxygens (including phenoxy) is 1. The minimum absolute atomic E-state index is 0.172. The number of likely N-dealkylation sites (tertiary alicyclic amines) is 1. The van der Waals surface area contributed by atoms with Crippen LogP contribution in [0.15, 0.2) is 12.3 Å². The predicted molar refractivity (Wildman–Crippen MR) is 74.1 cm³/mol. The first kappa shape index (κ1) is 13.6. The normalized spacial score (nSPS) is 15.4. The van der Waals surface area contributed by atoms with Crippen molar-refractivity contribution >= 4 is 17.4 Å². The quantitative estimate of drug-likeness (QED) is 0.832. The molecule has 1 aliphatic heterocycles. The Labute approximate surface area is 112 Å². The van der Waals surface area contributed by atoms with Gasteiger partial charge in [0, 0.05) is 19.5 Å². The number of carbonyl (C=O) groups is 1. The molecule has 0 spiro atoms. The number of rotatable bonds is 5. The largest absolute Gasteiger partial charge is 0.488 e. The fourth-order valence-electron chi connectivity index (χ4n) is 2.12. The zero-order chi connectivity index (χ0) is 13.7. The number of nitrogens with two attached hydrogens (primary N) is 1. The second kappa shape index (κ2) is 6.38. The molecule has 0 radical (unpaired) electrons. The molecule has 0 aliphatic carbocycles. The third-order valence-electron chi connectivity index (χ3n) is 3.07. The second-order valence-corrected chi connectivity index (χ2v) is 4.69. The van der Waals surface area contributed by atoms with Crippen LogP contribution in [0.4, 0.5) is 11.5 Å². The summed E-state index contributed by atoms with van der Waals surface area (Å²) < 4.78 is 5.62. The van der Waals surface area contributed by atoms with Crippen molar-refractivity contribution in [3.05, 3.63) is 12.3 Å². The van der Waals surface area contributed by atoms with Gasteiger partial charge >= 0.3 is 0 Å². The van der Waals surface area contributed by atoms with Crippen LogP contribution in [-0.2, 0) is 4.79 Å². The highest BCUT2D eigenvalue weighted by Crippen LogP contribution is 2.22. The minimum atomic E-state index is -0.172. The fourth-order valence-corrected chi connectivity index (χ4v) is 2.12. The zero-order valence-corrected chi connectivity index (χ0v) is 11.2. The summed E-state index contributed by atoms with van der Waals surface area (Å²) >= 11 is 0. The van der Waals surface area contributed by atoms with Gasteiger partial charge in [-0.1, -0.05) is 0 Å². The average Bonchev–Trinajstić information content (AvgIpc) is 2.84. The van der Waals surface area contributed by atoms with Gasteiger partial charge in [-0.05, 0) is 25.9 Å². The van der Waals surface area contributed by atoms with Crippen LogP contribution in [-0.4, -0.2) is 42.0 Å². The number of anilines is 2. The Morgan fingerprint density at radius 1 is 1.53 bits per heavy atom. The van der Waals surface area contributed by atoms with E-state index in [-0.39, 0.29) is 5.91 Å². The van der Waals surface area contributed by atoms with Crippen molar-refractivity contribution in [1.82, 2.24) is 9.88 Å². The van der Waals surface area contributed by atoms with Crippen LogP contribution in [0.5, 0.6) is 5.75 Å². The molecule has 1 saturated heterocycles. The molecule has 0 atom stereocenters. The maximum atomic E-state index is 10.9. The highest BCUT2D eigenvalue weighted by Gasteiger charge is 2.11. The van der Waals surface area contributed by atoms with Crippen molar-refractivity contribution in [2.75, 3.05) is 37.3 Å². The van der Waals surface area contributed by atoms with Crippen molar-refractivity contribution in [2.45, 2.75) is 19.8 Å². The average molecular weight is 264 g/mol. The number of nitrogens with zero attached hydrogens (tertiary/aromatic N) is 2. The van der Waals surface area contributed by atoms with Crippen LogP contribution in [0.3, 0.4) is 0 Å². The maximum Gasteiger partial charge on any atom is 0.222 e. The molecule has 6 nitrogen and oxygen atoms in total. The molecule has 19 heavy (non-hydrogen) atoms. The third kappa shape index (κ3) is 4.10. The molecular weight excluding hydrogens is 244 g/mol. The topological polar surface area (TPSA) is 80.5 Å². The number of amides is 1. The van der Waals surface area contributed by atoms with E-state index in [1.54, 1.807) is 12.3 Å². The molecule has 0 unspecified atom stereocenters. The van der Waals surface area contributed by atoms with Crippen LogP contribution in [0.2, 0.25) is 0 Å². The summed E-state index contributed by atoms with van der Waals surface area (Å²) in [6, 6.07) is 1.60. The molecule has 1 amide bonds. The Morgan fingerprint density at radius 3 is 2.89 bits per heavy atom. The monoisotopic (exact) mass is 264 g/mol. The van der Waals surface area contributed by atoms with Crippen LogP contribution >= 0.6 is 0 Å². The van der Waals surface area contributed by atoms with E-state index >= 15 is 0 Å². The van der Waals surface area contributed by atoms with Gasteiger partial charge < -0.3 is 15.8 Å². The number of aromatic nitrogens is 1. The van der Waals surface area contributed by atoms with Gasteiger partial charge in [-0.3, -0.25) is 9.69 Å². The summed E-state index contributed by atoms with van der Waals surface area (Å²) in [5.74, 6) is 0.833. The highest BCUT2D eigenvalue weighted by atomic mass is 16.5. The Bertz CT molecular complexity index is 444. The standard InChI is InChI=1S/C13H20N4O2/c1-10(18)16-13-8-11(14)12(9-15-13)19-7-6-17-4-2-3-5-17/h8-9H,2-7H2,1H3,(H3,14,15,16,18). The number of pyridine rings is 1. The van der Waals surface area contributed by atoms with Gasteiger partial charge in [0.15, 0.2) is 5.75 Å². The minimum Gasteiger partial charge on any atom is -0.488 e. The first-order chi connectivity index (χ1) is 9.15. The van der Waals surface area contributed by atoms with E-state index in [1.165, 1.54) is 19.8 Å². The van der Waals surface area contributed by atoms with Crippen molar-refractivity contribution in [2.24, 2.45) is 0 Å². The van der Waals surface area contributed by atoms with Crippen LogP contribution in [0.1, 0.15) is 19.8 Å². The van der Waals surface area contributed by atoms with Gasteiger partial charge in [-0.15, -0.1) is 0 Å². The van der Waals surface area contributed by atoms with Crippen molar-refractivity contribution in [1.29, 1.82) is 0 Å². The Morgan fingerprint density at radius 2 is 2.26 bits per heavy atom. The molecule has 2 rings (SSSR count). The number of hydrogen-bond acceptors (Lipinski definition) is 5. The molecule has 3 N–H and O–H groups in total. The molecule has 0 saturated carbocycles. The maximum absolute atomic E-state index is 10.9. The van der Waals surface area contributed by atoms with Crippen molar-refractivity contribution < 1.29 is 9.53 Å². The summed E-state index contributed by atoms with van der Waals surface area (Å²) in [4.78, 5) is 17.3. The van der Waals surface area contributed by atoms with E-state index in [4.69, 9.17) is 10.5 Å². The smallest absolute Gasteiger partial charge is 0.222 e. The third-order valence-corrected chi connectivity index (χ3v) is 3.07. The van der Waals surface area contributed by atoms with Crippen LogP contribution in [0.25, 0.3) is 0 Å². The lowest BCUT2D eigenvalue weighted by Crippen LogP contribution is -2.25. The van der Waals surface area contributed by atoms with Crippen molar-refractivity contribution in [3.8, 4) is 5.75 Å². The second-order valence-electron chi connectivity index (χ2n) is 4.69. The molecule has 6 heteroatoms. The van der Waals surface area contributed by atoms with E-state index in [0.717, 1.165) is 19.6 Å². The van der Waals surface area contributed by atoms with Gasteiger partial charge in [0.05, 0.1) is 11.9 Å². The first-order valence-electron chi connectivity index (χ1n) is 6.53. The molecule has 2 heterocycles. The number of nitrogens with one attached hydrogen (secondary N) is 1. The Hall–Kier alpha value is -1.82. The number of nitrogen functional groups attached to an aromatic ring is 1. The van der Waals surface area contributed by atoms with E-state index < -0.39 is 0 Å². The molecule has 1 aliphatic rings. The summed E-state index contributed by atoms with van der Waals surface area (Å²) in [5, 5.41) is 2.58. The zero-order valence-electron chi connectivity index (χ0n) is 11.2. The molecule has 104 valence electrons. The molecule has 1 fully saturated rings. The van der Waals surface area contributed by atoms with Crippen LogP contribution in [0, 0.1) is 0 Å². The lowest BCUT2D eigenvalue weighted by molar-refractivity contribution is -0.114. The first-order valence-corrected chi connectivity index (χ1v) is 6.53. The van der Waals surface area contributed by atoms with Gasteiger partial charge in [0.25, 0.3) is 0 Å². The Kier molecular flexibility index (Phi) is 4.57. The number of carbonyl (C=O) groups excluding carboxylic acids is 1. The molecule has 1 aromatic rings. The summed E-state index contributed by atoms with van der Waals surface area (Å²) in [6.07, 6.45) is 4.09. The summed E-state index contributed by atoms with van der Waals surface area (Å²) in [6.45, 7) is 5.24. The lowest BCUT2D eigenvalue weighted by Gasteiger charge is -2.15. The van der Waals surface area contributed by atoms with Gasteiger partial charge in [-0.25, -0.2) is 4.98 Å². The van der Waals surface area contributed by atoms with Gasteiger partial charge in [0.1, 0.15) is 12.4 Å². The Balaban J connectivity index is 1.84. The molecule has 0 bridgehead atoms. The predicted octanol–water partition coefficient (Wildman–Crippen LogP) is 1.10. The van der Waals surface area contributed by atoms with E-state index in [2.05, 4.69) is 15.2 Å². The molecule has 0 aromatic carbocycles. The van der Waals surface area contributed by atoms with Crippen molar-refractivity contribution in [3.63, 3.8) is 0 Å². The van der Waals surface area contributed by atoms with E-state index in [1.807, 2.05) is 0 Å². The number of hydrogen-bond donors (Lipinski definition) is 2. The summed E-state index contributed by atoms with van der Waals surface area (Å²) in [5.41, 5.74) is 6.35. The van der Waals surface area contributed by atoms with Gasteiger partial charge in [0.2, 0.25) is 5.91 Å². The van der Waals surface area contributed by atoms with E-state index in [0.29, 0.717) is 23.9 Å². The SMILES string of the molecule is CC(=O)Nc1cc(N)c(OCCN2CCCC2)cn1. The van der Waals surface area contributed by atoms with E-state index in [9.17, 15) is 4.79 Å². The molecular formula is C13H20N4O2. The fraction of sp³-hybridized carbons (Fsp3) is 0.538. The van der Waals surface area contributed by atoms with Gasteiger partial charge in [-0.2, -0.15) is 0 Å². The van der Waals surface area contributed by atoms with Crippen LogP contribution < -0.4 is 15.8 Å². The summed E-state index contributed by atoms with van der Waals surface area (Å²) in [7, 11) is 0. The highest BCUT2D eigenvalue weighted by molar-refractivity contribution is 5.88.